The molecule has 0 bridgehead atoms. The summed E-state index contributed by atoms with van der Waals surface area (Å²) in [5, 5.41) is 3.31. The molecule has 0 aliphatic heterocycles. The van der Waals surface area contributed by atoms with E-state index in [1.807, 2.05) is 18.2 Å². The third kappa shape index (κ3) is 3.03. The Morgan fingerprint density at radius 3 is 2.60 bits per heavy atom. The van der Waals surface area contributed by atoms with E-state index in [0.717, 1.165) is 32.2 Å². The summed E-state index contributed by atoms with van der Waals surface area (Å²) in [6.45, 7) is 0.784. The first-order chi connectivity index (χ1) is 7.36. The quantitative estimate of drug-likeness (QED) is 0.803. The predicted molar refractivity (Wildman–Crippen MR) is 60.4 cm³/mol. The van der Waals surface area contributed by atoms with Crippen LogP contribution in [-0.2, 0) is 6.54 Å². The maximum Gasteiger partial charge on any atom is 0.115 e. The van der Waals surface area contributed by atoms with Gasteiger partial charge in [-0.25, -0.2) is 4.39 Å². The second-order valence-corrected chi connectivity index (χ2v) is 4.27. The minimum absolute atomic E-state index is 0.0685. The number of benzene rings is 1. The molecule has 1 aliphatic carbocycles. The molecule has 1 aliphatic rings. The van der Waals surface area contributed by atoms with Crippen molar-refractivity contribution in [2.75, 3.05) is 0 Å². The van der Waals surface area contributed by atoms with Gasteiger partial charge in [0, 0.05) is 12.6 Å². The molecule has 0 spiro atoms. The summed E-state index contributed by atoms with van der Waals surface area (Å²) in [5.74, 6) is 0. The summed E-state index contributed by atoms with van der Waals surface area (Å²) in [6.07, 6.45) is 3.26. The van der Waals surface area contributed by atoms with Crippen molar-refractivity contribution in [2.45, 2.75) is 44.4 Å². The molecule has 0 radical (unpaired) electrons. The summed E-state index contributed by atoms with van der Waals surface area (Å²) >= 11 is 0. The van der Waals surface area contributed by atoms with Crippen molar-refractivity contribution in [3.05, 3.63) is 35.9 Å². The molecule has 2 heteroatoms. The van der Waals surface area contributed by atoms with Gasteiger partial charge in [0.05, 0.1) is 0 Å². The van der Waals surface area contributed by atoms with Crippen molar-refractivity contribution in [3.63, 3.8) is 0 Å². The summed E-state index contributed by atoms with van der Waals surface area (Å²) < 4.78 is 13.5. The zero-order valence-electron chi connectivity index (χ0n) is 8.95. The van der Waals surface area contributed by atoms with E-state index in [4.69, 9.17) is 0 Å². The first-order valence-corrected chi connectivity index (χ1v) is 5.77. The molecule has 1 nitrogen and oxygen atoms in total. The van der Waals surface area contributed by atoms with Crippen molar-refractivity contribution in [1.82, 2.24) is 5.32 Å². The number of rotatable bonds is 3. The Labute approximate surface area is 90.7 Å². The van der Waals surface area contributed by atoms with E-state index in [-0.39, 0.29) is 6.04 Å². The fraction of sp³-hybridized carbons (Fsp3) is 0.538. The highest BCUT2D eigenvalue weighted by Gasteiger charge is 2.23. The average molecular weight is 207 g/mol. The average Bonchev–Trinajstić information content (AvgIpc) is 2.29. The van der Waals surface area contributed by atoms with Crippen LogP contribution in [-0.4, -0.2) is 12.2 Å². The van der Waals surface area contributed by atoms with Crippen LogP contribution in [0.15, 0.2) is 30.3 Å². The Bertz CT molecular complexity index is 286. The summed E-state index contributed by atoms with van der Waals surface area (Å²) in [4.78, 5) is 0. The molecule has 0 aromatic heterocycles. The standard InChI is InChI=1S/C13H18FN/c14-12-8-4-5-9-13(12)15-10-11-6-2-1-3-7-11/h1-3,6-7,12-13,15H,4-5,8-10H2/t12-,13+/m1/s1. The Morgan fingerprint density at radius 2 is 1.87 bits per heavy atom. The topological polar surface area (TPSA) is 12.0 Å². The van der Waals surface area contributed by atoms with E-state index in [0.29, 0.717) is 0 Å². The highest BCUT2D eigenvalue weighted by molar-refractivity contribution is 5.14. The van der Waals surface area contributed by atoms with E-state index in [2.05, 4.69) is 17.4 Å². The molecule has 15 heavy (non-hydrogen) atoms. The molecular formula is C13H18FN. The van der Waals surface area contributed by atoms with Crippen LogP contribution in [0, 0.1) is 0 Å². The van der Waals surface area contributed by atoms with E-state index in [9.17, 15) is 4.39 Å². The molecule has 1 aromatic carbocycles. The van der Waals surface area contributed by atoms with Crippen molar-refractivity contribution < 1.29 is 4.39 Å². The summed E-state index contributed by atoms with van der Waals surface area (Å²) in [7, 11) is 0. The SMILES string of the molecule is F[C@@H]1CCCC[C@@H]1NCc1ccccc1. The van der Waals surface area contributed by atoms with Gasteiger partial charge in [-0.05, 0) is 18.4 Å². The first kappa shape index (κ1) is 10.6. The van der Waals surface area contributed by atoms with Gasteiger partial charge in [-0.3, -0.25) is 0 Å². The van der Waals surface area contributed by atoms with Crippen molar-refractivity contribution in [1.29, 1.82) is 0 Å². The number of halogens is 1. The molecule has 1 aromatic rings. The second kappa shape index (κ2) is 5.26. The van der Waals surface area contributed by atoms with Gasteiger partial charge in [-0.15, -0.1) is 0 Å². The maximum absolute atomic E-state index is 13.5. The fourth-order valence-electron chi connectivity index (χ4n) is 2.16. The van der Waals surface area contributed by atoms with E-state index >= 15 is 0 Å². The molecular weight excluding hydrogens is 189 g/mol. The zero-order valence-corrected chi connectivity index (χ0v) is 8.95. The Morgan fingerprint density at radius 1 is 1.13 bits per heavy atom. The van der Waals surface area contributed by atoms with Gasteiger partial charge in [-0.1, -0.05) is 43.2 Å². The van der Waals surface area contributed by atoms with Gasteiger partial charge in [-0.2, -0.15) is 0 Å². The number of nitrogens with one attached hydrogen (secondary N) is 1. The number of hydrogen-bond acceptors (Lipinski definition) is 1. The lowest BCUT2D eigenvalue weighted by Crippen LogP contribution is -2.39. The largest absolute Gasteiger partial charge is 0.307 e. The Hall–Kier alpha value is -0.890. The Kier molecular flexibility index (Phi) is 3.73. The molecule has 1 fully saturated rings. The molecule has 0 unspecified atom stereocenters. The van der Waals surface area contributed by atoms with Crippen LogP contribution in [0.5, 0.6) is 0 Å². The van der Waals surface area contributed by atoms with Crippen molar-refractivity contribution in [2.24, 2.45) is 0 Å². The first-order valence-electron chi connectivity index (χ1n) is 5.77. The molecule has 2 rings (SSSR count). The fourth-order valence-corrected chi connectivity index (χ4v) is 2.16. The van der Waals surface area contributed by atoms with Crippen LogP contribution in [0.4, 0.5) is 4.39 Å². The molecule has 1 saturated carbocycles. The van der Waals surface area contributed by atoms with Crippen LogP contribution < -0.4 is 5.32 Å². The normalized spacial score (nSPS) is 26.5. The monoisotopic (exact) mass is 207 g/mol. The molecule has 0 heterocycles. The number of hydrogen-bond donors (Lipinski definition) is 1. The number of alkyl halides is 1. The molecule has 1 N–H and O–H groups in total. The minimum atomic E-state index is -0.650. The van der Waals surface area contributed by atoms with Gasteiger partial charge in [0.25, 0.3) is 0 Å². The van der Waals surface area contributed by atoms with Crippen molar-refractivity contribution in [3.8, 4) is 0 Å². The highest BCUT2D eigenvalue weighted by atomic mass is 19.1. The van der Waals surface area contributed by atoms with E-state index in [1.54, 1.807) is 0 Å². The smallest absolute Gasteiger partial charge is 0.115 e. The summed E-state index contributed by atoms with van der Waals surface area (Å²) in [5.41, 5.74) is 1.23. The van der Waals surface area contributed by atoms with E-state index < -0.39 is 6.17 Å². The van der Waals surface area contributed by atoms with Crippen LogP contribution in [0.25, 0.3) is 0 Å². The zero-order chi connectivity index (χ0) is 10.5. The summed E-state index contributed by atoms with van der Waals surface area (Å²) in [6, 6.07) is 10.3. The third-order valence-corrected chi connectivity index (χ3v) is 3.09. The molecule has 2 atom stereocenters. The lowest BCUT2D eigenvalue weighted by Gasteiger charge is -2.26. The molecule has 0 amide bonds. The minimum Gasteiger partial charge on any atom is -0.307 e. The second-order valence-electron chi connectivity index (χ2n) is 4.27. The molecule has 82 valence electrons. The van der Waals surface area contributed by atoms with Crippen LogP contribution in [0.2, 0.25) is 0 Å². The van der Waals surface area contributed by atoms with Gasteiger partial charge in [0.1, 0.15) is 6.17 Å². The van der Waals surface area contributed by atoms with Gasteiger partial charge < -0.3 is 5.32 Å². The van der Waals surface area contributed by atoms with Gasteiger partial charge >= 0.3 is 0 Å². The predicted octanol–water partition coefficient (Wildman–Crippen LogP) is 3.06. The van der Waals surface area contributed by atoms with Crippen LogP contribution in [0.3, 0.4) is 0 Å². The lowest BCUT2D eigenvalue weighted by atomic mass is 9.93. The van der Waals surface area contributed by atoms with Crippen LogP contribution >= 0.6 is 0 Å². The van der Waals surface area contributed by atoms with Crippen molar-refractivity contribution >= 4 is 0 Å². The third-order valence-electron chi connectivity index (χ3n) is 3.09. The Balaban J connectivity index is 1.82. The van der Waals surface area contributed by atoms with Gasteiger partial charge in [0.2, 0.25) is 0 Å². The lowest BCUT2D eigenvalue weighted by molar-refractivity contribution is 0.188. The molecule has 0 saturated heterocycles. The maximum atomic E-state index is 13.5. The van der Waals surface area contributed by atoms with Crippen LogP contribution in [0.1, 0.15) is 31.2 Å². The van der Waals surface area contributed by atoms with E-state index in [1.165, 1.54) is 5.56 Å². The van der Waals surface area contributed by atoms with Gasteiger partial charge in [0.15, 0.2) is 0 Å². The highest BCUT2D eigenvalue weighted by Crippen LogP contribution is 2.21.